The Morgan fingerprint density at radius 1 is 1.27 bits per heavy atom. The Kier molecular flexibility index (Phi) is 3.02. The maximum Gasteiger partial charge on any atom is 0.248 e. The van der Waals surface area contributed by atoms with Gasteiger partial charge in [-0.1, -0.05) is 25.1 Å². The van der Waals surface area contributed by atoms with Gasteiger partial charge in [0.2, 0.25) is 11.8 Å². The van der Waals surface area contributed by atoms with E-state index in [4.69, 9.17) is 16.0 Å². The number of rotatable bonds is 3. The maximum atomic E-state index is 5.61. The van der Waals surface area contributed by atoms with Crippen LogP contribution in [0, 0.1) is 0 Å². The molecule has 15 heavy (non-hydrogen) atoms. The van der Waals surface area contributed by atoms with Crippen molar-refractivity contribution in [1.29, 1.82) is 0 Å². The zero-order chi connectivity index (χ0) is 10.7. The third-order valence-corrected chi connectivity index (χ3v) is 2.44. The first kappa shape index (κ1) is 10.2. The Bertz CT molecular complexity index is 453. The molecule has 0 saturated carbocycles. The van der Waals surface area contributed by atoms with Crippen LogP contribution < -0.4 is 0 Å². The van der Waals surface area contributed by atoms with Crippen molar-refractivity contribution in [2.24, 2.45) is 0 Å². The number of halogens is 1. The summed E-state index contributed by atoms with van der Waals surface area (Å²) < 4.78 is 5.41. The van der Waals surface area contributed by atoms with Crippen molar-refractivity contribution in [3.63, 3.8) is 0 Å². The highest BCUT2D eigenvalue weighted by Gasteiger charge is 2.10. The minimum Gasteiger partial charge on any atom is -0.419 e. The van der Waals surface area contributed by atoms with E-state index >= 15 is 0 Å². The van der Waals surface area contributed by atoms with Gasteiger partial charge in [0, 0.05) is 5.56 Å². The van der Waals surface area contributed by atoms with E-state index in [1.807, 2.05) is 18.2 Å². The lowest BCUT2D eigenvalue weighted by atomic mass is 10.1. The highest BCUT2D eigenvalue weighted by Crippen LogP contribution is 2.22. The Balaban J connectivity index is 2.44. The molecule has 3 nitrogen and oxygen atoms in total. The second-order valence-electron chi connectivity index (χ2n) is 3.15. The van der Waals surface area contributed by atoms with Crippen molar-refractivity contribution in [2.75, 3.05) is 0 Å². The van der Waals surface area contributed by atoms with Crippen LogP contribution in [-0.4, -0.2) is 10.2 Å². The second kappa shape index (κ2) is 4.45. The van der Waals surface area contributed by atoms with Crippen molar-refractivity contribution in [1.82, 2.24) is 10.2 Å². The van der Waals surface area contributed by atoms with Crippen molar-refractivity contribution in [3.8, 4) is 11.5 Å². The van der Waals surface area contributed by atoms with E-state index in [2.05, 4.69) is 23.2 Å². The fourth-order valence-corrected chi connectivity index (χ4v) is 1.56. The van der Waals surface area contributed by atoms with Crippen LogP contribution in [-0.2, 0) is 12.3 Å². The van der Waals surface area contributed by atoms with Crippen LogP contribution in [0.2, 0.25) is 0 Å². The molecule has 4 heteroatoms. The molecule has 0 spiro atoms. The van der Waals surface area contributed by atoms with Gasteiger partial charge in [0.05, 0.1) is 0 Å². The molecule has 0 saturated heterocycles. The third-order valence-electron chi connectivity index (χ3n) is 2.21. The smallest absolute Gasteiger partial charge is 0.248 e. The molecule has 0 bridgehead atoms. The van der Waals surface area contributed by atoms with Gasteiger partial charge in [0.1, 0.15) is 5.88 Å². The molecule has 0 amide bonds. The number of nitrogens with zero attached hydrogens (tertiary/aromatic N) is 2. The number of benzene rings is 1. The van der Waals surface area contributed by atoms with Crippen LogP contribution >= 0.6 is 11.6 Å². The standard InChI is InChI=1S/C11H11ClN2O/c1-2-8-5-3-4-6-9(8)11-14-13-10(7-12)15-11/h3-6H,2,7H2,1H3. The number of alkyl halides is 1. The maximum absolute atomic E-state index is 5.61. The predicted octanol–water partition coefficient (Wildman–Crippen LogP) is 3.04. The average Bonchev–Trinajstić information content (AvgIpc) is 2.77. The summed E-state index contributed by atoms with van der Waals surface area (Å²) in [4.78, 5) is 0. The second-order valence-corrected chi connectivity index (χ2v) is 3.41. The van der Waals surface area contributed by atoms with E-state index in [0.717, 1.165) is 12.0 Å². The molecule has 0 N–H and O–H groups in total. The molecule has 1 aromatic carbocycles. The quantitative estimate of drug-likeness (QED) is 0.750. The topological polar surface area (TPSA) is 38.9 Å². The zero-order valence-corrected chi connectivity index (χ0v) is 9.16. The lowest BCUT2D eigenvalue weighted by molar-refractivity contribution is 0.527. The molecule has 2 rings (SSSR count). The van der Waals surface area contributed by atoms with Crippen molar-refractivity contribution < 1.29 is 4.42 Å². The molecule has 2 aromatic rings. The minimum absolute atomic E-state index is 0.251. The highest BCUT2D eigenvalue weighted by atomic mass is 35.5. The predicted molar refractivity (Wildman–Crippen MR) is 58.7 cm³/mol. The molecule has 0 fully saturated rings. The van der Waals surface area contributed by atoms with Gasteiger partial charge in [-0.2, -0.15) is 0 Å². The molecular weight excluding hydrogens is 212 g/mol. The van der Waals surface area contributed by atoms with Crippen LogP contribution in [0.4, 0.5) is 0 Å². The van der Waals surface area contributed by atoms with E-state index < -0.39 is 0 Å². The largest absolute Gasteiger partial charge is 0.419 e. The molecule has 0 aliphatic heterocycles. The fourth-order valence-electron chi connectivity index (χ4n) is 1.45. The molecule has 0 atom stereocenters. The summed E-state index contributed by atoms with van der Waals surface area (Å²) in [6.45, 7) is 2.09. The molecular formula is C11H11ClN2O. The van der Waals surface area contributed by atoms with Crippen LogP contribution in [0.3, 0.4) is 0 Å². The van der Waals surface area contributed by atoms with Crippen LogP contribution in [0.25, 0.3) is 11.5 Å². The molecule has 0 radical (unpaired) electrons. The monoisotopic (exact) mass is 222 g/mol. The van der Waals surface area contributed by atoms with E-state index in [1.54, 1.807) is 0 Å². The molecule has 0 aliphatic carbocycles. The lowest BCUT2D eigenvalue weighted by Crippen LogP contribution is -1.86. The zero-order valence-electron chi connectivity index (χ0n) is 8.40. The summed E-state index contributed by atoms with van der Waals surface area (Å²) in [6.07, 6.45) is 0.939. The van der Waals surface area contributed by atoms with Gasteiger partial charge >= 0.3 is 0 Å². The number of hydrogen-bond acceptors (Lipinski definition) is 3. The van der Waals surface area contributed by atoms with E-state index in [-0.39, 0.29) is 5.88 Å². The van der Waals surface area contributed by atoms with Gasteiger partial charge in [-0.3, -0.25) is 0 Å². The highest BCUT2D eigenvalue weighted by molar-refractivity contribution is 6.16. The minimum atomic E-state index is 0.251. The summed E-state index contributed by atoms with van der Waals surface area (Å²) in [5, 5.41) is 7.80. The fraction of sp³-hybridized carbons (Fsp3) is 0.273. The van der Waals surface area contributed by atoms with Gasteiger partial charge in [0.15, 0.2) is 0 Å². The third kappa shape index (κ3) is 2.02. The first-order valence-electron chi connectivity index (χ1n) is 4.81. The lowest BCUT2D eigenvalue weighted by Gasteiger charge is -2.01. The Morgan fingerprint density at radius 2 is 2.07 bits per heavy atom. The Hall–Kier alpha value is -1.35. The molecule has 78 valence electrons. The van der Waals surface area contributed by atoms with E-state index in [9.17, 15) is 0 Å². The van der Waals surface area contributed by atoms with E-state index in [1.165, 1.54) is 5.56 Å². The summed E-state index contributed by atoms with van der Waals surface area (Å²) in [6, 6.07) is 7.99. The molecule has 1 heterocycles. The van der Waals surface area contributed by atoms with Crippen molar-refractivity contribution >= 4 is 11.6 Å². The summed E-state index contributed by atoms with van der Waals surface area (Å²) in [5.74, 6) is 1.25. The van der Waals surface area contributed by atoms with Gasteiger partial charge in [-0.25, -0.2) is 0 Å². The number of aryl methyl sites for hydroxylation is 1. The summed E-state index contributed by atoms with van der Waals surface area (Å²) in [7, 11) is 0. The molecule has 0 unspecified atom stereocenters. The van der Waals surface area contributed by atoms with Gasteiger partial charge < -0.3 is 4.42 Å². The number of hydrogen-bond donors (Lipinski definition) is 0. The summed E-state index contributed by atoms with van der Waals surface area (Å²) in [5.41, 5.74) is 2.19. The van der Waals surface area contributed by atoms with Crippen LogP contribution in [0.15, 0.2) is 28.7 Å². The Labute approximate surface area is 93.1 Å². The van der Waals surface area contributed by atoms with Gasteiger partial charge in [-0.15, -0.1) is 21.8 Å². The number of aromatic nitrogens is 2. The average molecular weight is 223 g/mol. The molecule has 0 aliphatic rings. The van der Waals surface area contributed by atoms with Crippen LogP contribution in [0.1, 0.15) is 18.4 Å². The van der Waals surface area contributed by atoms with Crippen molar-refractivity contribution in [3.05, 3.63) is 35.7 Å². The normalized spacial score (nSPS) is 10.5. The van der Waals surface area contributed by atoms with Gasteiger partial charge in [0.25, 0.3) is 0 Å². The van der Waals surface area contributed by atoms with E-state index in [0.29, 0.717) is 11.8 Å². The first-order chi connectivity index (χ1) is 7.35. The van der Waals surface area contributed by atoms with Crippen LogP contribution in [0.5, 0.6) is 0 Å². The Morgan fingerprint density at radius 3 is 2.73 bits per heavy atom. The van der Waals surface area contributed by atoms with Gasteiger partial charge in [-0.05, 0) is 18.1 Å². The SMILES string of the molecule is CCc1ccccc1-c1nnc(CCl)o1. The molecule has 1 aromatic heterocycles. The summed E-state index contributed by atoms with van der Waals surface area (Å²) >= 11 is 5.61. The first-order valence-corrected chi connectivity index (χ1v) is 5.35. The van der Waals surface area contributed by atoms with Crippen molar-refractivity contribution in [2.45, 2.75) is 19.2 Å².